The van der Waals surface area contributed by atoms with Crippen molar-refractivity contribution in [2.24, 2.45) is 21.7 Å². The van der Waals surface area contributed by atoms with Crippen LogP contribution in [0.25, 0.3) is 10.4 Å². The van der Waals surface area contributed by atoms with Crippen LogP contribution in [-0.2, 0) is 39.0 Å². The molecule has 5 atom stereocenters. The number of benzene rings is 4. The summed E-state index contributed by atoms with van der Waals surface area (Å²) < 4.78 is 100. The lowest BCUT2D eigenvalue weighted by Gasteiger charge is -2.72. The van der Waals surface area contributed by atoms with Gasteiger partial charge in [0.25, 0.3) is 25.8 Å². The van der Waals surface area contributed by atoms with Gasteiger partial charge in [0.2, 0.25) is 23.6 Å². The predicted molar refractivity (Wildman–Crippen MR) is 409 cm³/mol. The number of piperazine rings is 2. The number of sulfone groups is 1. The number of sulfonamides is 1. The van der Waals surface area contributed by atoms with Crippen molar-refractivity contribution in [2.45, 2.75) is 202 Å². The minimum absolute atomic E-state index is 0.00912. The molecule has 3 saturated heterocycles. The van der Waals surface area contributed by atoms with E-state index in [-0.39, 0.29) is 54.5 Å². The molecule has 20 nitrogen and oxygen atoms in total. The van der Waals surface area contributed by atoms with Gasteiger partial charge in [0.15, 0.2) is 0 Å². The molecule has 3 saturated carbocycles. The van der Waals surface area contributed by atoms with Crippen LogP contribution < -0.4 is 25.6 Å². The third-order valence-electron chi connectivity index (χ3n) is 22.4. The number of unbranched alkanes of at least 4 members (excludes halogenated alkanes) is 4. The number of aryl methyl sites for hydroxylation is 1. The van der Waals surface area contributed by atoms with Crippen LogP contribution in [0.5, 0.6) is 0 Å². The van der Waals surface area contributed by atoms with E-state index in [4.69, 9.17) is 0 Å². The van der Waals surface area contributed by atoms with E-state index in [9.17, 15) is 59.1 Å². The van der Waals surface area contributed by atoms with Gasteiger partial charge in [0, 0.05) is 119 Å². The van der Waals surface area contributed by atoms with Gasteiger partial charge in [-0.25, -0.2) is 26.5 Å². The van der Waals surface area contributed by atoms with E-state index in [0.717, 1.165) is 103 Å². The monoisotopic (exact) mass is 1540 g/mol. The van der Waals surface area contributed by atoms with E-state index in [0.29, 0.717) is 80.7 Å². The minimum atomic E-state index is -6.16. The Balaban J connectivity index is 0.621. The van der Waals surface area contributed by atoms with Gasteiger partial charge in [0.05, 0.1) is 38.8 Å². The molecule has 106 heavy (non-hydrogen) atoms. The zero-order chi connectivity index (χ0) is 76.2. The third kappa shape index (κ3) is 19.4. The lowest BCUT2D eigenvalue weighted by Crippen LogP contribution is -2.61. The van der Waals surface area contributed by atoms with E-state index in [1.807, 2.05) is 98.8 Å². The van der Waals surface area contributed by atoms with Crippen LogP contribution in [0.1, 0.15) is 172 Å². The van der Waals surface area contributed by atoms with Crippen LogP contribution >= 0.6 is 23.1 Å². The number of carbonyl (C=O) groups is 5. The molecule has 12 rings (SSSR count). The van der Waals surface area contributed by atoms with E-state index in [2.05, 4.69) is 56.4 Å². The maximum atomic E-state index is 14.6. The number of halogens is 3. The Labute approximate surface area is 631 Å². The van der Waals surface area contributed by atoms with Gasteiger partial charge in [-0.2, -0.15) is 13.2 Å². The maximum Gasteiger partial charge on any atom is 0.501 e. The Kier molecular flexibility index (Phi) is 25.1. The number of thiazole rings is 1. The first kappa shape index (κ1) is 80.1. The fourth-order valence-electron chi connectivity index (χ4n) is 16.5. The predicted octanol–water partition coefficient (Wildman–Crippen LogP) is 12.6. The number of hydrogen-bond acceptors (Lipinski definition) is 17. The first-order chi connectivity index (χ1) is 50.1. The second kappa shape index (κ2) is 33.1. The highest BCUT2D eigenvalue weighted by molar-refractivity contribution is 7.99. The normalized spacial score (nSPS) is 22.4. The molecule has 5 N–H and O–H groups in total. The number of rotatable bonds is 30. The molecule has 0 spiro atoms. The minimum Gasteiger partial charge on any atom is -0.391 e. The van der Waals surface area contributed by atoms with Gasteiger partial charge in [-0.15, -0.1) is 23.1 Å². The Hall–Kier alpha value is -6.88. The van der Waals surface area contributed by atoms with Crippen molar-refractivity contribution < 1.29 is 59.1 Å². The van der Waals surface area contributed by atoms with Crippen molar-refractivity contribution in [2.75, 3.05) is 88.0 Å². The van der Waals surface area contributed by atoms with Gasteiger partial charge >= 0.3 is 5.51 Å². The van der Waals surface area contributed by atoms with Crippen LogP contribution in [0.2, 0.25) is 0 Å². The molecule has 2 bridgehead atoms. The fraction of sp³-hybridized carbons (Fsp3) is 0.570. The second-order valence-corrected chi connectivity index (χ2v) is 38.1. The van der Waals surface area contributed by atoms with E-state index in [1.54, 1.807) is 40.1 Å². The molecule has 27 heteroatoms. The maximum absolute atomic E-state index is 14.6. The Morgan fingerprint density at radius 1 is 0.783 bits per heavy atom. The zero-order valence-electron chi connectivity index (χ0n) is 62.4. The molecule has 5 amide bonds. The number of thioether (sulfide) groups is 1. The fourth-order valence-corrected chi connectivity index (χ4v) is 20.3. The van der Waals surface area contributed by atoms with Gasteiger partial charge in [-0.05, 0) is 159 Å². The summed E-state index contributed by atoms with van der Waals surface area (Å²) in [6.07, 6.45) is 11.0. The Morgan fingerprint density at radius 2 is 1.43 bits per heavy atom. The number of nitrogens with one attached hydrogen (secondary N) is 4. The summed E-state index contributed by atoms with van der Waals surface area (Å²) in [7, 11) is -11.1. The number of allylic oxidation sites excluding steroid dienone is 1. The molecule has 4 heterocycles. The smallest absolute Gasteiger partial charge is 0.391 e. The largest absolute Gasteiger partial charge is 0.501 e. The molecule has 1 aromatic heterocycles. The molecule has 7 aliphatic rings. The molecular formula is C79H105F3N10O10S4. The van der Waals surface area contributed by atoms with Crippen molar-refractivity contribution in [3.8, 4) is 10.4 Å². The third-order valence-corrected chi connectivity index (χ3v) is 27.4. The van der Waals surface area contributed by atoms with Crippen LogP contribution in [0.4, 0.5) is 24.5 Å². The molecule has 4 aliphatic carbocycles. The summed E-state index contributed by atoms with van der Waals surface area (Å²) in [5.74, 6) is -1.87. The SMILES string of the molecule is Cc1ncsc1-c1ccc([C@H](C)NC(=O)[C@@H]2C[C@@H](O)CN2C(=O)C(NC(=O)CCCCCCCC(=O)N2CCN(CCC(CSc3ccccc3)Nc3ccc(S(=O)(=O)NC(=O)c4ccc(N5CCN(CC6=C(C78CC(C)(C7)C8)CC(C)(C)CC6)CC5)cc4)cc3S(=O)(=O)C(F)(F)F)CC2)C(C)(C)C)cc1. The number of aromatic nitrogens is 1. The number of anilines is 2. The number of carbonyl (C=O) groups excluding carboxylic acids is 5. The molecule has 6 fully saturated rings. The van der Waals surface area contributed by atoms with E-state index in [1.165, 1.54) is 60.9 Å². The molecular weight excluding hydrogens is 1430 g/mol. The lowest BCUT2D eigenvalue weighted by atomic mass is 9.33. The summed E-state index contributed by atoms with van der Waals surface area (Å²) in [4.78, 5) is 82.8. The first-order valence-electron chi connectivity index (χ1n) is 37.4. The number of β-amino-alcohol motifs (C(OH)–C–C–N with tert-alkyl or cyclic N) is 1. The van der Waals surface area contributed by atoms with Gasteiger partial charge in [0.1, 0.15) is 17.0 Å². The molecule has 4 aromatic carbocycles. The summed E-state index contributed by atoms with van der Waals surface area (Å²) in [6, 6.07) is 23.1. The van der Waals surface area contributed by atoms with Crippen molar-refractivity contribution in [1.29, 1.82) is 0 Å². The Bertz CT molecular complexity index is 4210. The van der Waals surface area contributed by atoms with Crippen LogP contribution in [0.3, 0.4) is 0 Å². The Morgan fingerprint density at radius 3 is 2.07 bits per heavy atom. The molecule has 3 aliphatic heterocycles. The van der Waals surface area contributed by atoms with Gasteiger partial charge < -0.3 is 35.8 Å². The number of nitrogens with zero attached hydrogens (tertiary/aromatic N) is 6. The molecule has 576 valence electrons. The summed E-state index contributed by atoms with van der Waals surface area (Å²) >= 11 is 2.97. The van der Waals surface area contributed by atoms with Gasteiger partial charge in [-0.3, -0.25) is 33.8 Å². The summed E-state index contributed by atoms with van der Waals surface area (Å²) in [5.41, 5.74) is 3.16. The highest BCUT2D eigenvalue weighted by Gasteiger charge is 2.67. The van der Waals surface area contributed by atoms with E-state index < -0.39 is 82.3 Å². The highest BCUT2D eigenvalue weighted by atomic mass is 32.2. The molecule has 5 aromatic rings. The average molecular weight is 1540 g/mol. The highest BCUT2D eigenvalue weighted by Crippen LogP contribution is 2.77. The summed E-state index contributed by atoms with van der Waals surface area (Å²) in [6.45, 7) is 23.1. The molecule has 2 unspecified atom stereocenters. The number of amides is 5. The lowest BCUT2D eigenvalue weighted by molar-refractivity contribution is -0.167. The molecule has 0 radical (unpaired) electrons. The first-order valence-corrected chi connectivity index (χ1v) is 42.3. The number of aliphatic hydroxyl groups is 1. The number of hydrogen-bond donors (Lipinski definition) is 5. The van der Waals surface area contributed by atoms with Crippen LogP contribution in [-0.4, -0.2) is 184 Å². The topological polar surface area (TPSA) is 251 Å². The van der Waals surface area contributed by atoms with Crippen molar-refractivity contribution in [1.82, 2.24) is 39.9 Å². The average Bonchev–Trinajstić information content (AvgIpc) is 0.731. The van der Waals surface area contributed by atoms with Crippen LogP contribution in [0.15, 0.2) is 128 Å². The zero-order valence-corrected chi connectivity index (χ0v) is 65.6. The number of alkyl halides is 3. The number of likely N-dealkylation sites (tertiary alicyclic amines) is 1. The van der Waals surface area contributed by atoms with Crippen molar-refractivity contribution >= 4 is 83.9 Å². The standard InChI is InChI=1S/C79H105F3N10O10S4/c1-53(55-21-23-56(24-22-55)70-54(2)83-52-104-70)84-73(97)66-43-61(93)47-92(66)74(98)71(75(3,4)5)86-68(94)19-15-10-9-11-16-20-69(95)91-41-35-88(36-42-91)34-32-59(48-103-62-17-13-12-14-18-62)85-65-30-29-63(44-67(65)105(99,100)79(80,81)82)106(101,102)87-72(96)57-25-27-60(28-26-57)90-39-37-89(38-40-90)46-58-31-33-76(6,7)45-64(58)78-49-77(8,50-78)51-78/h12-14,17-18,21-30,44,52-53,59,61,66,71,85,93H,9-11,15-16,19-20,31-43,45-51H2,1-8H3,(H,84,97)(H,86,94)(H,87,96)/t53-,59?,61+,66-,71?,77?,78?/m0/s1. The van der Waals surface area contributed by atoms with E-state index >= 15 is 0 Å². The second-order valence-electron chi connectivity index (χ2n) is 32.5. The van der Waals surface area contributed by atoms with Crippen molar-refractivity contribution in [3.05, 3.63) is 131 Å². The van der Waals surface area contributed by atoms with Crippen LogP contribution in [0, 0.1) is 28.6 Å². The quantitative estimate of drug-likeness (QED) is 0.0163. The van der Waals surface area contributed by atoms with Crippen molar-refractivity contribution in [3.63, 3.8) is 0 Å². The summed E-state index contributed by atoms with van der Waals surface area (Å²) in [5, 5.41) is 19.8. The van der Waals surface area contributed by atoms with Gasteiger partial charge in [-0.1, -0.05) is 114 Å². The number of aliphatic hydroxyl groups excluding tert-OH is 1.